The molecule has 0 bridgehead atoms. The Labute approximate surface area is 138 Å². The second kappa shape index (κ2) is 9.10. The van der Waals surface area contributed by atoms with E-state index in [4.69, 9.17) is 0 Å². The lowest BCUT2D eigenvalue weighted by molar-refractivity contribution is -0.121. The van der Waals surface area contributed by atoms with Gasteiger partial charge in [0.15, 0.2) is 0 Å². The first-order valence-electron chi connectivity index (χ1n) is 8.29. The third kappa shape index (κ3) is 5.53. The zero-order valence-corrected chi connectivity index (χ0v) is 14.0. The average molecular weight is 314 g/mol. The molecule has 0 aliphatic heterocycles. The Kier molecular flexibility index (Phi) is 6.81. The molecule has 5 heteroatoms. The maximum absolute atomic E-state index is 12.0. The van der Waals surface area contributed by atoms with Crippen LogP contribution in [0, 0.1) is 0 Å². The molecular weight excluding hydrogens is 288 g/mol. The van der Waals surface area contributed by atoms with Crippen LogP contribution >= 0.6 is 0 Å². The lowest BCUT2D eigenvalue weighted by atomic mass is 10.1. The third-order valence-corrected chi connectivity index (χ3v) is 3.91. The molecule has 1 heterocycles. The molecule has 0 aliphatic rings. The molecule has 0 atom stereocenters. The first kappa shape index (κ1) is 17.2. The fraction of sp³-hybridized carbons (Fsp3) is 0.444. The topological polar surface area (TPSA) is 50.2 Å². The maximum Gasteiger partial charge on any atom is 0.241 e. The van der Waals surface area contributed by atoms with E-state index < -0.39 is 0 Å². The van der Waals surface area contributed by atoms with E-state index in [-0.39, 0.29) is 12.5 Å². The van der Waals surface area contributed by atoms with E-state index in [0.29, 0.717) is 6.54 Å². The largest absolute Gasteiger partial charge is 0.354 e. The van der Waals surface area contributed by atoms with Crippen molar-refractivity contribution in [1.82, 2.24) is 20.0 Å². The van der Waals surface area contributed by atoms with Crippen molar-refractivity contribution in [3.63, 3.8) is 0 Å². The molecule has 1 aromatic heterocycles. The maximum atomic E-state index is 12.0. The van der Waals surface area contributed by atoms with Crippen LogP contribution < -0.4 is 5.32 Å². The first-order valence-corrected chi connectivity index (χ1v) is 8.29. The molecule has 1 N–H and O–H groups in total. The second-order valence-corrected chi connectivity index (χ2v) is 5.52. The summed E-state index contributed by atoms with van der Waals surface area (Å²) in [5, 5.41) is 7.22. The summed E-state index contributed by atoms with van der Waals surface area (Å²) in [7, 11) is 0. The van der Waals surface area contributed by atoms with Gasteiger partial charge in [0.25, 0.3) is 0 Å². The number of hydrogen-bond donors (Lipinski definition) is 1. The molecule has 2 aromatic rings. The van der Waals surface area contributed by atoms with Crippen LogP contribution in [-0.2, 0) is 11.3 Å². The van der Waals surface area contributed by atoms with Crippen LogP contribution in [0.4, 0.5) is 0 Å². The van der Waals surface area contributed by atoms with Gasteiger partial charge in [-0.1, -0.05) is 44.2 Å². The van der Waals surface area contributed by atoms with Crippen molar-refractivity contribution in [2.24, 2.45) is 0 Å². The lowest BCUT2D eigenvalue weighted by Gasteiger charge is -2.17. The summed E-state index contributed by atoms with van der Waals surface area (Å²) in [6.07, 6.45) is 4.68. The number of rotatable bonds is 9. The van der Waals surface area contributed by atoms with Gasteiger partial charge in [0.1, 0.15) is 6.54 Å². The van der Waals surface area contributed by atoms with Crippen molar-refractivity contribution in [3.8, 4) is 11.1 Å². The number of amides is 1. The van der Waals surface area contributed by atoms with E-state index in [1.807, 2.05) is 36.5 Å². The van der Waals surface area contributed by atoms with Gasteiger partial charge in [-0.2, -0.15) is 5.10 Å². The van der Waals surface area contributed by atoms with Gasteiger partial charge >= 0.3 is 0 Å². The van der Waals surface area contributed by atoms with Gasteiger partial charge in [0.2, 0.25) is 5.91 Å². The molecule has 0 saturated heterocycles. The summed E-state index contributed by atoms with van der Waals surface area (Å²) in [5.74, 6) is 0.00672. The van der Waals surface area contributed by atoms with Crippen molar-refractivity contribution in [2.75, 3.05) is 26.2 Å². The minimum absolute atomic E-state index is 0.00672. The van der Waals surface area contributed by atoms with E-state index in [0.717, 1.165) is 37.2 Å². The number of aromatic nitrogens is 2. The highest BCUT2D eigenvalue weighted by Gasteiger charge is 2.06. The second-order valence-electron chi connectivity index (χ2n) is 5.52. The molecule has 1 amide bonds. The Balaban J connectivity index is 1.75. The van der Waals surface area contributed by atoms with Gasteiger partial charge in [0, 0.05) is 18.3 Å². The summed E-state index contributed by atoms with van der Waals surface area (Å²) in [4.78, 5) is 14.3. The van der Waals surface area contributed by atoms with E-state index in [2.05, 4.69) is 29.2 Å². The number of nitrogens with one attached hydrogen (secondary N) is 1. The van der Waals surface area contributed by atoms with Crippen LogP contribution in [0.1, 0.15) is 20.3 Å². The molecule has 0 unspecified atom stereocenters. The van der Waals surface area contributed by atoms with Crippen LogP contribution in [0.15, 0.2) is 42.7 Å². The highest BCUT2D eigenvalue weighted by molar-refractivity contribution is 5.75. The van der Waals surface area contributed by atoms with Crippen molar-refractivity contribution >= 4 is 5.91 Å². The number of carbonyl (C=O) groups excluding carboxylic acids is 1. The molecule has 1 aromatic carbocycles. The molecule has 0 aliphatic carbocycles. The molecular formula is C18H26N4O. The van der Waals surface area contributed by atoms with Crippen LogP contribution in [0.3, 0.4) is 0 Å². The van der Waals surface area contributed by atoms with E-state index in [9.17, 15) is 4.79 Å². The smallest absolute Gasteiger partial charge is 0.241 e. The van der Waals surface area contributed by atoms with Crippen LogP contribution in [-0.4, -0.2) is 46.8 Å². The van der Waals surface area contributed by atoms with Crippen LogP contribution in [0.25, 0.3) is 11.1 Å². The molecule has 0 spiro atoms. The Bertz CT molecular complexity index is 590. The standard InChI is InChI=1S/C18H26N4O/c1-3-21(4-2)12-8-11-19-18(23)15-22-14-17(13-20-22)16-9-6-5-7-10-16/h5-7,9-10,13-14H,3-4,8,11-12,15H2,1-2H3,(H,19,23). The normalized spacial score (nSPS) is 10.9. The van der Waals surface area contributed by atoms with Crippen molar-refractivity contribution in [2.45, 2.75) is 26.8 Å². The lowest BCUT2D eigenvalue weighted by Crippen LogP contribution is -2.31. The van der Waals surface area contributed by atoms with Crippen LogP contribution in [0.5, 0.6) is 0 Å². The van der Waals surface area contributed by atoms with Gasteiger partial charge in [-0.05, 0) is 31.6 Å². The summed E-state index contributed by atoms with van der Waals surface area (Å²) in [6, 6.07) is 10.0. The summed E-state index contributed by atoms with van der Waals surface area (Å²) < 4.78 is 1.68. The fourth-order valence-corrected chi connectivity index (χ4v) is 2.50. The molecule has 0 saturated carbocycles. The van der Waals surface area contributed by atoms with E-state index in [1.54, 1.807) is 10.9 Å². The zero-order chi connectivity index (χ0) is 16.5. The number of carbonyl (C=O) groups is 1. The Morgan fingerprint density at radius 2 is 1.91 bits per heavy atom. The van der Waals surface area contributed by atoms with E-state index in [1.165, 1.54) is 0 Å². The van der Waals surface area contributed by atoms with Crippen molar-refractivity contribution in [1.29, 1.82) is 0 Å². The minimum atomic E-state index is 0.00672. The monoisotopic (exact) mass is 314 g/mol. The summed E-state index contributed by atoms with van der Waals surface area (Å²) in [6.45, 7) is 8.42. The quantitative estimate of drug-likeness (QED) is 0.723. The Morgan fingerprint density at radius 3 is 2.61 bits per heavy atom. The third-order valence-electron chi connectivity index (χ3n) is 3.91. The molecule has 5 nitrogen and oxygen atoms in total. The van der Waals surface area contributed by atoms with Gasteiger partial charge in [0.05, 0.1) is 6.20 Å². The predicted molar refractivity (Wildman–Crippen MR) is 93.1 cm³/mol. The molecule has 124 valence electrons. The Morgan fingerprint density at radius 1 is 1.17 bits per heavy atom. The van der Waals surface area contributed by atoms with Gasteiger partial charge in [-0.25, -0.2) is 0 Å². The Hall–Kier alpha value is -2.14. The molecule has 2 rings (SSSR count). The highest BCUT2D eigenvalue weighted by atomic mass is 16.2. The summed E-state index contributed by atoms with van der Waals surface area (Å²) in [5.41, 5.74) is 2.14. The summed E-state index contributed by atoms with van der Waals surface area (Å²) >= 11 is 0. The molecule has 23 heavy (non-hydrogen) atoms. The van der Waals surface area contributed by atoms with Crippen molar-refractivity contribution in [3.05, 3.63) is 42.7 Å². The average Bonchev–Trinajstić information content (AvgIpc) is 3.04. The van der Waals surface area contributed by atoms with Gasteiger partial charge in [-0.15, -0.1) is 0 Å². The predicted octanol–water partition coefficient (Wildman–Crippen LogP) is 2.40. The number of benzene rings is 1. The SMILES string of the molecule is CCN(CC)CCCNC(=O)Cn1cc(-c2ccccc2)cn1. The van der Waals surface area contributed by atoms with Gasteiger partial charge < -0.3 is 10.2 Å². The van der Waals surface area contributed by atoms with Crippen LogP contribution in [0.2, 0.25) is 0 Å². The first-order chi connectivity index (χ1) is 11.2. The molecule has 0 radical (unpaired) electrons. The number of nitrogens with zero attached hydrogens (tertiary/aromatic N) is 3. The number of hydrogen-bond acceptors (Lipinski definition) is 3. The highest BCUT2D eigenvalue weighted by Crippen LogP contribution is 2.17. The van der Waals surface area contributed by atoms with Gasteiger partial charge in [-0.3, -0.25) is 9.48 Å². The molecule has 0 fully saturated rings. The van der Waals surface area contributed by atoms with E-state index >= 15 is 0 Å². The van der Waals surface area contributed by atoms with Crippen molar-refractivity contribution < 1.29 is 4.79 Å². The fourth-order valence-electron chi connectivity index (χ4n) is 2.50. The zero-order valence-electron chi connectivity index (χ0n) is 14.0. The minimum Gasteiger partial charge on any atom is -0.354 e.